The quantitative estimate of drug-likeness (QED) is 0.857. The second-order valence-electron chi connectivity index (χ2n) is 6.03. The van der Waals surface area contributed by atoms with E-state index in [4.69, 9.17) is 5.73 Å². The van der Waals surface area contributed by atoms with Crippen LogP contribution in [0.2, 0.25) is 0 Å². The number of hydrogen-bond donors (Lipinski definition) is 1. The van der Waals surface area contributed by atoms with Gasteiger partial charge in [0, 0.05) is 13.1 Å². The van der Waals surface area contributed by atoms with Gasteiger partial charge in [-0.1, -0.05) is 19.8 Å². The Labute approximate surface area is 117 Å². The van der Waals surface area contributed by atoms with E-state index in [9.17, 15) is 8.42 Å². The Kier molecular flexibility index (Phi) is 5.47. The Morgan fingerprint density at radius 2 is 1.94 bits per heavy atom. The topological polar surface area (TPSA) is 63.4 Å². The number of nitrogens with two attached hydrogens (primary N) is 1. The third kappa shape index (κ3) is 3.59. The molecule has 108 valence electrons. The lowest BCUT2D eigenvalue weighted by Gasteiger charge is -2.23. The molecule has 1 saturated carbocycles. The average molecular weight is 297 g/mol. The van der Waals surface area contributed by atoms with E-state index in [1.165, 1.54) is 12.8 Å². The lowest BCUT2D eigenvalue weighted by Crippen LogP contribution is -2.36. The number of rotatable bonds is 4. The van der Waals surface area contributed by atoms with Gasteiger partial charge in [-0.05, 0) is 37.1 Å². The van der Waals surface area contributed by atoms with E-state index >= 15 is 0 Å². The zero-order valence-electron chi connectivity index (χ0n) is 11.1. The standard InChI is InChI=1S/C12H24N2O2S.ClH/c1-12(9-13)6-7-14(10-12)17(15,16)8-11-4-2-3-5-11;/h11H,2-10,13H2,1H3;1H. The maximum absolute atomic E-state index is 12.3. The molecule has 0 spiro atoms. The molecule has 18 heavy (non-hydrogen) atoms. The van der Waals surface area contributed by atoms with Crippen LogP contribution in [0.4, 0.5) is 0 Å². The molecule has 2 N–H and O–H groups in total. The van der Waals surface area contributed by atoms with Crippen molar-refractivity contribution in [3.8, 4) is 0 Å². The summed E-state index contributed by atoms with van der Waals surface area (Å²) >= 11 is 0. The molecule has 0 aromatic rings. The van der Waals surface area contributed by atoms with Crippen LogP contribution in [0, 0.1) is 11.3 Å². The van der Waals surface area contributed by atoms with Gasteiger partial charge in [-0.3, -0.25) is 0 Å². The molecule has 0 bridgehead atoms. The molecule has 1 heterocycles. The van der Waals surface area contributed by atoms with Crippen molar-refractivity contribution in [2.24, 2.45) is 17.1 Å². The summed E-state index contributed by atoms with van der Waals surface area (Å²) in [5.41, 5.74) is 5.70. The largest absolute Gasteiger partial charge is 0.330 e. The molecule has 1 saturated heterocycles. The predicted octanol–water partition coefficient (Wildman–Crippen LogP) is 1.60. The predicted molar refractivity (Wildman–Crippen MR) is 76.3 cm³/mol. The SMILES string of the molecule is CC1(CN)CCN(S(=O)(=O)CC2CCCC2)C1.Cl. The molecule has 1 aliphatic heterocycles. The first-order chi connectivity index (χ1) is 7.95. The number of nitrogens with zero attached hydrogens (tertiary/aromatic N) is 1. The van der Waals surface area contributed by atoms with Gasteiger partial charge in [0.25, 0.3) is 0 Å². The van der Waals surface area contributed by atoms with Gasteiger partial charge in [-0.25, -0.2) is 12.7 Å². The number of halogens is 1. The van der Waals surface area contributed by atoms with Gasteiger partial charge in [-0.2, -0.15) is 0 Å². The number of sulfonamides is 1. The van der Waals surface area contributed by atoms with Crippen molar-refractivity contribution in [1.29, 1.82) is 0 Å². The Morgan fingerprint density at radius 1 is 1.33 bits per heavy atom. The summed E-state index contributed by atoms with van der Waals surface area (Å²) in [7, 11) is -3.05. The van der Waals surface area contributed by atoms with E-state index in [-0.39, 0.29) is 17.8 Å². The molecule has 1 atom stereocenters. The summed E-state index contributed by atoms with van der Waals surface area (Å²) < 4.78 is 26.2. The van der Waals surface area contributed by atoms with Gasteiger partial charge in [0.15, 0.2) is 0 Å². The monoisotopic (exact) mass is 296 g/mol. The van der Waals surface area contributed by atoms with E-state index in [2.05, 4.69) is 6.92 Å². The van der Waals surface area contributed by atoms with Gasteiger partial charge < -0.3 is 5.73 Å². The minimum absolute atomic E-state index is 0. The highest BCUT2D eigenvalue weighted by Crippen LogP contribution is 2.33. The molecule has 2 rings (SSSR count). The number of hydrogen-bond acceptors (Lipinski definition) is 3. The van der Waals surface area contributed by atoms with Crippen LogP contribution in [-0.2, 0) is 10.0 Å². The van der Waals surface area contributed by atoms with Gasteiger partial charge in [0.05, 0.1) is 5.75 Å². The van der Waals surface area contributed by atoms with Crippen molar-refractivity contribution in [2.45, 2.75) is 39.0 Å². The van der Waals surface area contributed by atoms with Crippen molar-refractivity contribution in [3.05, 3.63) is 0 Å². The fourth-order valence-corrected chi connectivity index (χ4v) is 4.98. The van der Waals surface area contributed by atoms with Crippen molar-refractivity contribution < 1.29 is 8.42 Å². The summed E-state index contributed by atoms with van der Waals surface area (Å²) in [6.45, 7) is 3.92. The molecule has 0 radical (unpaired) electrons. The average Bonchev–Trinajstić information content (AvgIpc) is 2.88. The highest BCUT2D eigenvalue weighted by Gasteiger charge is 2.39. The van der Waals surface area contributed by atoms with Crippen LogP contribution in [0.3, 0.4) is 0 Å². The van der Waals surface area contributed by atoms with Crippen LogP contribution in [0.5, 0.6) is 0 Å². The Morgan fingerprint density at radius 3 is 2.44 bits per heavy atom. The van der Waals surface area contributed by atoms with Gasteiger partial charge >= 0.3 is 0 Å². The maximum Gasteiger partial charge on any atom is 0.214 e. The summed E-state index contributed by atoms with van der Waals surface area (Å²) in [6, 6.07) is 0. The lowest BCUT2D eigenvalue weighted by atomic mass is 9.90. The van der Waals surface area contributed by atoms with Crippen LogP contribution in [0.1, 0.15) is 39.0 Å². The van der Waals surface area contributed by atoms with Gasteiger partial charge in [0.2, 0.25) is 10.0 Å². The van der Waals surface area contributed by atoms with E-state index in [1.54, 1.807) is 4.31 Å². The Balaban J connectivity index is 0.00000162. The molecule has 1 aliphatic carbocycles. The molecule has 4 nitrogen and oxygen atoms in total. The van der Waals surface area contributed by atoms with E-state index < -0.39 is 10.0 Å². The van der Waals surface area contributed by atoms with Crippen LogP contribution in [0.15, 0.2) is 0 Å². The van der Waals surface area contributed by atoms with Crippen molar-refractivity contribution in [2.75, 3.05) is 25.4 Å². The molecular weight excluding hydrogens is 272 g/mol. The first-order valence-corrected chi connectivity index (χ1v) is 8.24. The van der Waals surface area contributed by atoms with E-state index in [1.807, 2.05) is 0 Å². The minimum Gasteiger partial charge on any atom is -0.330 e. The van der Waals surface area contributed by atoms with Crippen molar-refractivity contribution >= 4 is 22.4 Å². The minimum atomic E-state index is -3.05. The summed E-state index contributed by atoms with van der Waals surface area (Å²) in [5, 5.41) is 0. The third-order valence-corrected chi connectivity index (χ3v) is 6.32. The Hall–Kier alpha value is 0.160. The summed E-state index contributed by atoms with van der Waals surface area (Å²) in [6.07, 6.45) is 5.46. The summed E-state index contributed by atoms with van der Waals surface area (Å²) in [5.74, 6) is 0.748. The molecule has 1 unspecified atom stereocenters. The summed E-state index contributed by atoms with van der Waals surface area (Å²) in [4.78, 5) is 0. The highest BCUT2D eigenvalue weighted by molar-refractivity contribution is 7.89. The smallest absolute Gasteiger partial charge is 0.214 e. The molecule has 6 heteroatoms. The van der Waals surface area contributed by atoms with E-state index in [0.29, 0.717) is 31.3 Å². The fraction of sp³-hybridized carbons (Fsp3) is 1.00. The second-order valence-corrected chi connectivity index (χ2v) is 8.04. The maximum atomic E-state index is 12.3. The van der Waals surface area contributed by atoms with E-state index in [0.717, 1.165) is 19.3 Å². The zero-order valence-corrected chi connectivity index (χ0v) is 12.7. The molecule has 0 aromatic heterocycles. The fourth-order valence-electron chi connectivity index (χ4n) is 2.96. The normalized spacial score (nSPS) is 30.6. The first-order valence-electron chi connectivity index (χ1n) is 6.63. The van der Waals surface area contributed by atoms with Crippen molar-refractivity contribution in [3.63, 3.8) is 0 Å². The van der Waals surface area contributed by atoms with Crippen molar-refractivity contribution in [1.82, 2.24) is 4.31 Å². The molecule has 0 amide bonds. The van der Waals surface area contributed by atoms with Crippen LogP contribution in [-0.4, -0.2) is 38.1 Å². The highest BCUT2D eigenvalue weighted by atomic mass is 35.5. The second kappa shape index (κ2) is 6.07. The zero-order chi connectivity index (χ0) is 12.5. The van der Waals surface area contributed by atoms with Gasteiger partial charge in [-0.15, -0.1) is 12.4 Å². The van der Waals surface area contributed by atoms with Crippen LogP contribution < -0.4 is 5.73 Å². The molecular formula is C12H25ClN2O2S. The van der Waals surface area contributed by atoms with Crippen LogP contribution >= 0.6 is 12.4 Å². The van der Waals surface area contributed by atoms with Gasteiger partial charge in [0.1, 0.15) is 0 Å². The molecule has 2 aliphatic rings. The molecule has 0 aromatic carbocycles. The Bertz CT molecular complexity index is 368. The lowest BCUT2D eigenvalue weighted by molar-refractivity contribution is 0.348. The molecule has 2 fully saturated rings. The van der Waals surface area contributed by atoms with Crippen LogP contribution in [0.25, 0.3) is 0 Å². The first kappa shape index (κ1) is 16.2. The third-order valence-electron chi connectivity index (χ3n) is 4.33.